The van der Waals surface area contributed by atoms with Crippen molar-refractivity contribution in [2.45, 2.75) is 13.8 Å². The lowest BCUT2D eigenvalue weighted by Crippen LogP contribution is -2.04. The average Bonchev–Trinajstić information content (AvgIpc) is 2.59. The molecule has 0 atom stereocenters. The van der Waals surface area contributed by atoms with E-state index in [2.05, 4.69) is 0 Å². The minimum atomic E-state index is -0.988. The van der Waals surface area contributed by atoms with Crippen molar-refractivity contribution in [3.63, 3.8) is 0 Å². The largest absolute Gasteiger partial charge is 0.478 e. The highest BCUT2D eigenvalue weighted by atomic mass is 16.4. The van der Waals surface area contributed by atoms with Crippen LogP contribution in [0.3, 0.4) is 0 Å². The van der Waals surface area contributed by atoms with Gasteiger partial charge in [0.1, 0.15) is 11.3 Å². The van der Waals surface area contributed by atoms with Gasteiger partial charge in [0.05, 0.1) is 5.56 Å². The van der Waals surface area contributed by atoms with Crippen molar-refractivity contribution in [2.24, 2.45) is 0 Å². The molecule has 1 heterocycles. The molecule has 26 heavy (non-hydrogen) atoms. The summed E-state index contributed by atoms with van der Waals surface area (Å²) in [4.78, 5) is 23.7. The first-order chi connectivity index (χ1) is 12.4. The SMILES string of the molecule is Cc1ccc(-c2c3ccc(=O)cc-3oc3cc(C)ccc23)c(C(=O)O)c1. The van der Waals surface area contributed by atoms with Crippen LogP contribution >= 0.6 is 0 Å². The average molecular weight is 344 g/mol. The summed E-state index contributed by atoms with van der Waals surface area (Å²) in [7, 11) is 0. The van der Waals surface area contributed by atoms with Gasteiger partial charge >= 0.3 is 5.97 Å². The summed E-state index contributed by atoms with van der Waals surface area (Å²) in [6, 6.07) is 15.8. The number of benzene rings is 3. The monoisotopic (exact) mass is 344 g/mol. The van der Waals surface area contributed by atoms with E-state index in [1.54, 1.807) is 12.1 Å². The Bertz CT molecular complexity index is 1200. The predicted molar refractivity (Wildman–Crippen MR) is 101 cm³/mol. The Balaban J connectivity index is 2.21. The number of hydrogen-bond acceptors (Lipinski definition) is 3. The lowest BCUT2D eigenvalue weighted by Gasteiger charge is -2.17. The van der Waals surface area contributed by atoms with Crippen molar-refractivity contribution in [3.8, 4) is 22.5 Å². The van der Waals surface area contributed by atoms with Crippen molar-refractivity contribution in [3.05, 3.63) is 81.5 Å². The highest BCUT2D eigenvalue weighted by Crippen LogP contribution is 2.41. The maximum absolute atomic E-state index is 11.9. The second-order valence-electron chi connectivity index (χ2n) is 6.49. The van der Waals surface area contributed by atoms with Crippen molar-refractivity contribution < 1.29 is 14.3 Å². The van der Waals surface area contributed by atoms with Gasteiger partial charge in [-0.2, -0.15) is 0 Å². The number of carbonyl (C=O) groups is 1. The Labute approximate surface area is 149 Å². The molecule has 0 amide bonds. The van der Waals surface area contributed by atoms with Crippen LogP contribution in [-0.4, -0.2) is 11.1 Å². The number of carboxylic acids is 1. The molecule has 4 rings (SSSR count). The summed E-state index contributed by atoms with van der Waals surface area (Å²) in [5.74, 6) is -0.541. The molecule has 2 aromatic rings. The Morgan fingerprint density at radius 2 is 1.58 bits per heavy atom. The second kappa shape index (κ2) is 5.85. The Kier molecular flexibility index (Phi) is 3.62. The van der Waals surface area contributed by atoms with Gasteiger partial charge < -0.3 is 9.52 Å². The molecule has 0 spiro atoms. The lowest BCUT2D eigenvalue weighted by molar-refractivity contribution is 0.0697. The van der Waals surface area contributed by atoms with Gasteiger partial charge in [-0.05, 0) is 49.2 Å². The number of fused-ring (bicyclic) bond motifs is 2. The normalized spacial score (nSPS) is 11.2. The molecule has 0 aromatic heterocycles. The second-order valence-corrected chi connectivity index (χ2v) is 6.49. The van der Waals surface area contributed by atoms with E-state index >= 15 is 0 Å². The zero-order valence-electron chi connectivity index (χ0n) is 14.4. The fourth-order valence-electron chi connectivity index (χ4n) is 3.32. The zero-order chi connectivity index (χ0) is 18.4. The minimum absolute atomic E-state index is 0.151. The van der Waals surface area contributed by atoms with Gasteiger partial charge in [-0.25, -0.2) is 4.79 Å². The van der Waals surface area contributed by atoms with Crippen LogP contribution in [0.5, 0.6) is 0 Å². The van der Waals surface area contributed by atoms with Crippen LogP contribution in [0.15, 0.2) is 63.8 Å². The van der Waals surface area contributed by atoms with E-state index in [9.17, 15) is 14.7 Å². The van der Waals surface area contributed by atoms with Crippen LogP contribution in [0, 0.1) is 13.8 Å². The third-order valence-electron chi connectivity index (χ3n) is 4.52. The van der Waals surface area contributed by atoms with Gasteiger partial charge in [0.25, 0.3) is 0 Å². The standard InChI is InChI=1S/C22H16O4/c1-12-3-6-15(18(9-12)22(24)25)21-16-7-4-13(2)10-19(16)26-20-11-14(23)5-8-17(20)21/h3-11H,1-2H3,(H,24,25). The van der Waals surface area contributed by atoms with Crippen LogP contribution in [0.25, 0.3) is 33.4 Å². The highest BCUT2D eigenvalue weighted by Gasteiger charge is 2.21. The first kappa shape index (κ1) is 16.1. The molecule has 0 unspecified atom stereocenters. The van der Waals surface area contributed by atoms with Gasteiger partial charge in [0.15, 0.2) is 5.43 Å². The smallest absolute Gasteiger partial charge is 0.336 e. The van der Waals surface area contributed by atoms with Crippen molar-refractivity contribution in [1.82, 2.24) is 0 Å². The molecule has 128 valence electrons. The first-order valence-corrected chi connectivity index (χ1v) is 8.25. The number of hydrogen-bond donors (Lipinski definition) is 1. The quantitative estimate of drug-likeness (QED) is 0.526. The molecule has 1 aliphatic heterocycles. The predicted octanol–water partition coefficient (Wildman–Crippen LogP) is 4.88. The molecular formula is C22H16O4. The molecular weight excluding hydrogens is 328 g/mol. The summed E-state index contributed by atoms with van der Waals surface area (Å²) < 4.78 is 5.95. The molecule has 0 saturated heterocycles. The van der Waals surface area contributed by atoms with Gasteiger partial charge in [-0.3, -0.25) is 4.79 Å². The maximum Gasteiger partial charge on any atom is 0.336 e. The summed E-state index contributed by atoms with van der Waals surface area (Å²) in [5, 5.41) is 10.5. The molecule has 2 aromatic carbocycles. The Morgan fingerprint density at radius 1 is 0.885 bits per heavy atom. The molecule has 4 nitrogen and oxygen atoms in total. The van der Waals surface area contributed by atoms with Gasteiger partial charge in [0, 0.05) is 22.6 Å². The van der Waals surface area contributed by atoms with Crippen LogP contribution in [-0.2, 0) is 0 Å². The highest BCUT2D eigenvalue weighted by molar-refractivity contribution is 6.07. The van der Waals surface area contributed by atoms with E-state index in [4.69, 9.17) is 4.42 Å². The van der Waals surface area contributed by atoms with Gasteiger partial charge in [-0.1, -0.05) is 29.8 Å². The van der Waals surface area contributed by atoms with Crippen LogP contribution < -0.4 is 5.43 Å². The van der Waals surface area contributed by atoms with Crippen molar-refractivity contribution in [1.29, 1.82) is 0 Å². The number of aromatic carboxylic acids is 1. The number of rotatable bonds is 2. The van der Waals surface area contributed by atoms with Crippen LogP contribution in [0.1, 0.15) is 21.5 Å². The van der Waals surface area contributed by atoms with E-state index < -0.39 is 5.97 Å². The topological polar surface area (TPSA) is 67.5 Å². The molecule has 0 saturated carbocycles. The van der Waals surface area contributed by atoms with Crippen LogP contribution in [0.2, 0.25) is 0 Å². The molecule has 0 bridgehead atoms. The maximum atomic E-state index is 11.9. The van der Waals surface area contributed by atoms with Crippen molar-refractivity contribution >= 4 is 16.9 Å². The Hall–Kier alpha value is -3.40. The first-order valence-electron chi connectivity index (χ1n) is 8.25. The summed E-state index contributed by atoms with van der Waals surface area (Å²) in [6.45, 7) is 3.82. The summed E-state index contributed by atoms with van der Waals surface area (Å²) >= 11 is 0. The molecule has 2 aliphatic rings. The Morgan fingerprint density at radius 3 is 2.35 bits per heavy atom. The van der Waals surface area contributed by atoms with E-state index in [1.807, 2.05) is 44.2 Å². The minimum Gasteiger partial charge on any atom is -0.478 e. The molecule has 0 radical (unpaired) electrons. The molecule has 1 aliphatic carbocycles. The molecule has 1 N–H and O–H groups in total. The van der Waals surface area contributed by atoms with E-state index in [-0.39, 0.29) is 11.0 Å². The molecule has 0 fully saturated rings. The molecule has 4 heteroatoms. The van der Waals surface area contributed by atoms with Gasteiger partial charge in [-0.15, -0.1) is 0 Å². The fourth-order valence-corrected chi connectivity index (χ4v) is 3.32. The number of carboxylic acid groups (broad SMARTS) is 1. The van der Waals surface area contributed by atoms with E-state index in [1.165, 1.54) is 12.1 Å². The summed E-state index contributed by atoms with van der Waals surface area (Å²) in [5.41, 5.74) is 4.68. The van der Waals surface area contributed by atoms with E-state index in [0.717, 1.165) is 22.1 Å². The fraction of sp³-hybridized carbons (Fsp3) is 0.0909. The zero-order valence-corrected chi connectivity index (χ0v) is 14.4. The van der Waals surface area contributed by atoms with Crippen molar-refractivity contribution in [2.75, 3.05) is 0 Å². The third kappa shape index (κ3) is 2.56. The third-order valence-corrected chi connectivity index (χ3v) is 4.52. The van der Waals surface area contributed by atoms with Crippen LogP contribution in [0.4, 0.5) is 0 Å². The lowest BCUT2D eigenvalue weighted by atomic mass is 9.90. The van der Waals surface area contributed by atoms with E-state index in [0.29, 0.717) is 22.5 Å². The summed E-state index contributed by atoms with van der Waals surface area (Å²) in [6.07, 6.45) is 0. The number of aryl methyl sites for hydroxylation is 2. The van der Waals surface area contributed by atoms with Gasteiger partial charge in [0.2, 0.25) is 0 Å².